The van der Waals surface area contributed by atoms with E-state index < -0.39 is 7.14 Å². The monoisotopic (exact) mass is 499 g/mol. The van der Waals surface area contributed by atoms with Crippen LogP contribution in [0.1, 0.15) is 25.0 Å². The van der Waals surface area contributed by atoms with Gasteiger partial charge in [0.2, 0.25) is 5.95 Å². The Morgan fingerprint density at radius 3 is 2.56 bits per heavy atom. The smallest absolute Gasteiger partial charge is 0.229 e. The maximum atomic E-state index is 12.7. The molecule has 34 heavy (non-hydrogen) atoms. The van der Waals surface area contributed by atoms with E-state index in [0.29, 0.717) is 22.5 Å². The van der Waals surface area contributed by atoms with Crippen molar-refractivity contribution in [3.05, 3.63) is 58.7 Å². The quantitative estimate of drug-likeness (QED) is 0.425. The highest BCUT2D eigenvalue weighted by Crippen LogP contribution is 2.39. The number of halogens is 1. The van der Waals surface area contributed by atoms with Gasteiger partial charge in [0, 0.05) is 17.4 Å². The van der Waals surface area contributed by atoms with Gasteiger partial charge in [-0.3, -0.25) is 4.90 Å². The first-order valence-electron chi connectivity index (χ1n) is 11.1. The van der Waals surface area contributed by atoms with E-state index in [9.17, 15) is 4.57 Å². The fraction of sp³-hybridized carbons (Fsp3) is 0.360. The second kappa shape index (κ2) is 9.21. The van der Waals surface area contributed by atoms with E-state index >= 15 is 0 Å². The van der Waals surface area contributed by atoms with Crippen molar-refractivity contribution in [2.24, 2.45) is 0 Å². The summed E-state index contributed by atoms with van der Waals surface area (Å²) in [5.41, 5.74) is 4.11. The SMILES string of the molecule is COc1cc2c(cc1Nc1ncc(Cl)c(Nc3ccccc3P(C)(C)=O)n1)CN(C)C(C)(C)C2. The lowest BCUT2D eigenvalue weighted by Gasteiger charge is -2.41. The molecule has 0 amide bonds. The lowest BCUT2D eigenvalue weighted by Crippen LogP contribution is -2.45. The number of methoxy groups -OCH3 is 1. The molecule has 180 valence electrons. The van der Waals surface area contributed by atoms with Gasteiger partial charge in [-0.15, -0.1) is 0 Å². The van der Waals surface area contributed by atoms with Gasteiger partial charge in [0.1, 0.15) is 17.9 Å². The maximum Gasteiger partial charge on any atom is 0.229 e. The summed E-state index contributed by atoms with van der Waals surface area (Å²) < 4.78 is 18.4. The zero-order valence-corrected chi connectivity index (χ0v) is 22.1. The number of fused-ring (bicyclic) bond motifs is 1. The molecule has 1 aliphatic rings. The molecular weight excluding hydrogens is 469 g/mol. The number of nitrogens with zero attached hydrogens (tertiary/aromatic N) is 3. The van der Waals surface area contributed by atoms with E-state index in [2.05, 4.69) is 58.5 Å². The Bertz CT molecular complexity index is 1270. The van der Waals surface area contributed by atoms with E-state index in [1.807, 2.05) is 24.3 Å². The Kier molecular flexibility index (Phi) is 6.65. The minimum atomic E-state index is -2.50. The Labute approximate surface area is 206 Å². The fourth-order valence-corrected chi connectivity index (χ4v) is 5.42. The maximum absolute atomic E-state index is 12.7. The van der Waals surface area contributed by atoms with Crippen LogP contribution in [0.3, 0.4) is 0 Å². The molecule has 0 saturated carbocycles. The summed E-state index contributed by atoms with van der Waals surface area (Å²) in [4.78, 5) is 11.3. The van der Waals surface area contributed by atoms with Crippen molar-refractivity contribution in [2.45, 2.75) is 32.4 Å². The van der Waals surface area contributed by atoms with Crippen molar-refractivity contribution in [3.8, 4) is 5.75 Å². The molecule has 1 aromatic heterocycles. The first-order valence-corrected chi connectivity index (χ1v) is 14.1. The van der Waals surface area contributed by atoms with Gasteiger partial charge in [-0.2, -0.15) is 4.98 Å². The van der Waals surface area contributed by atoms with E-state index in [4.69, 9.17) is 16.3 Å². The van der Waals surface area contributed by atoms with Crippen molar-refractivity contribution >= 4 is 47.2 Å². The van der Waals surface area contributed by atoms with Crippen LogP contribution in [0.15, 0.2) is 42.6 Å². The molecule has 4 rings (SSSR count). The number of nitrogens with one attached hydrogen (secondary N) is 2. The summed E-state index contributed by atoms with van der Waals surface area (Å²) in [5, 5.41) is 7.62. The minimum Gasteiger partial charge on any atom is -0.495 e. The second-order valence-electron chi connectivity index (χ2n) is 9.67. The van der Waals surface area contributed by atoms with E-state index in [0.717, 1.165) is 29.7 Å². The van der Waals surface area contributed by atoms with Gasteiger partial charge in [-0.25, -0.2) is 4.98 Å². The molecular formula is C25H31ClN5O2P. The third kappa shape index (κ3) is 5.07. The van der Waals surface area contributed by atoms with Gasteiger partial charge in [0.25, 0.3) is 0 Å². The van der Waals surface area contributed by atoms with Gasteiger partial charge in [0.15, 0.2) is 5.82 Å². The lowest BCUT2D eigenvalue weighted by atomic mass is 9.85. The van der Waals surface area contributed by atoms with Gasteiger partial charge in [-0.1, -0.05) is 23.7 Å². The molecule has 0 radical (unpaired) electrons. The number of rotatable bonds is 6. The van der Waals surface area contributed by atoms with Crippen LogP contribution >= 0.6 is 18.7 Å². The summed E-state index contributed by atoms with van der Waals surface area (Å²) in [6.07, 6.45) is 2.49. The lowest BCUT2D eigenvalue weighted by molar-refractivity contribution is 0.133. The molecule has 2 N–H and O–H groups in total. The van der Waals surface area contributed by atoms with Gasteiger partial charge >= 0.3 is 0 Å². The number of anilines is 4. The molecule has 0 saturated heterocycles. The molecule has 0 atom stereocenters. The molecule has 2 heterocycles. The average molecular weight is 500 g/mol. The number of likely N-dealkylation sites (N-methyl/N-ethyl adjacent to an activating group) is 1. The second-order valence-corrected chi connectivity index (χ2v) is 13.3. The van der Waals surface area contributed by atoms with Gasteiger partial charge < -0.3 is 19.9 Å². The zero-order chi connectivity index (χ0) is 24.7. The van der Waals surface area contributed by atoms with Crippen molar-refractivity contribution in [3.63, 3.8) is 0 Å². The van der Waals surface area contributed by atoms with Crippen molar-refractivity contribution < 1.29 is 9.30 Å². The number of para-hydroxylation sites is 1. The normalized spacial score (nSPS) is 15.5. The highest BCUT2D eigenvalue weighted by atomic mass is 35.5. The van der Waals surface area contributed by atoms with Crippen LogP contribution in [0.4, 0.5) is 23.1 Å². The van der Waals surface area contributed by atoms with Crippen molar-refractivity contribution in [1.29, 1.82) is 0 Å². The largest absolute Gasteiger partial charge is 0.495 e. The molecule has 7 nitrogen and oxygen atoms in total. The molecule has 0 aliphatic carbocycles. The van der Waals surface area contributed by atoms with E-state index in [1.165, 1.54) is 11.1 Å². The number of benzene rings is 2. The molecule has 9 heteroatoms. The number of hydrogen-bond acceptors (Lipinski definition) is 7. The third-order valence-electron chi connectivity index (χ3n) is 6.31. The van der Waals surface area contributed by atoms with Crippen LogP contribution in [0.2, 0.25) is 5.02 Å². The summed E-state index contributed by atoms with van der Waals surface area (Å²) in [5.74, 6) is 1.54. The van der Waals surface area contributed by atoms with Crippen LogP contribution in [0.5, 0.6) is 5.75 Å². The van der Waals surface area contributed by atoms with Gasteiger partial charge in [-0.05, 0) is 76.0 Å². The summed E-state index contributed by atoms with van der Waals surface area (Å²) in [7, 11) is 1.31. The number of hydrogen-bond donors (Lipinski definition) is 2. The molecule has 0 spiro atoms. The molecule has 3 aromatic rings. The Morgan fingerprint density at radius 2 is 1.85 bits per heavy atom. The molecule has 0 bridgehead atoms. The van der Waals surface area contributed by atoms with Crippen molar-refractivity contribution in [2.75, 3.05) is 38.1 Å². The Morgan fingerprint density at radius 1 is 1.12 bits per heavy atom. The van der Waals surface area contributed by atoms with E-state index in [1.54, 1.807) is 26.6 Å². The van der Waals surface area contributed by atoms with E-state index in [-0.39, 0.29) is 5.54 Å². The van der Waals surface area contributed by atoms with Crippen LogP contribution in [-0.2, 0) is 17.5 Å². The summed E-state index contributed by atoms with van der Waals surface area (Å²) in [6.45, 7) is 8.82. The molecule has 2 aromatic carbocycles. The van der Waals surface area contributed by atoms with Crippen LogP contribution in [0.25, 0.3) is 0 Å². The standard InChI is InChI=1S/C25H31ClN5O2P/c1-25(2)13-16-12-21(33-4)20(11-17(16)15-31(25)3)29-24-27-14-18(26)23(30-24)28-19-9-7-8-10-22(19)34(5,6)32/h7-12,14H,13,15H2,1-6H3,(H2,27,28,29,30). The minimum absolute atomic E-state index is 0.0874. The predicted molar refractivity (Wildman–Crippen MR) is 141 cm³/mol. The molecule has 1 aliphatic heterocycles. The first kappa shape index (κ1) is 24.5. The third-order valence-corrected chi connectivity index (χ3v) is 8.14. The molecule has 0 fully saturated rings. The number of aromatic nitrogens is 2. The van der Waals surface area contributed by atoms with Crippen LogP contribution in [-0.4, -0.2) is 47.9 Å². The first-order chi connectivity index (χ1) is 16.0. The van der Waals surface area contributed by atoms with Crippen LogP contribution < -0.4 is 20.7 Å². The Hall–Kier alpha value is -2.60. The molecule has 0 unspecified atom stereocenters. The Balaban J connectivity index is 1.65. The summed E-state index contributed by atoms with van der Waals surface area (Å²) >= 11 is 6.40. The topological polar surface area (TPSA) is 79.4 Å². The highest BCUT2D eigenvalue weighted by molar-refractivity contribution is 7.70. The van der Waals surface area contributed by atoms with Gasteiger partial charge in [0.05, 0.1) is 24.7 Å². The van der Waals surface area contributed by atoms with Crippen LogP contribution in [0, 0.1) is 0 Å². The predicted octanol–water partition coefficient (Wildman–Crippen LogP) is 5.64. The van der Waals surface area contributed by atoms with Crippen molar-refractivity contribution in [1.82, 2.24) is 14.9 Å². The fourth-order valence-electron chi connectivity index (χ4n) is 4.13. The zero-order valence-electron chi connectivity index (χ0n) is 20.4. The summed E-state index contributed by atoms with van der Waals surface area (Å²) in [6, 6.07) is 11.7. The highest BCUT2D eigenvalue weighted by Gasteiger charge is 2.31. The average Bonchev–Trinajstić information content (AvgIpc) is 2.76. The number of ether oxygens (including phenoxy) is 1.